The highest BCUT2D eigenvalue weighted by molar-refractivity contribution is 6.03. The minimum atomic E-state index is -0.196. The van der Waals surface area contributed by atoms with Crippen molar-refractivity contribution >= 4 is 17.4 Å². The SMILES string of the molecule is O=C(Nc1ccc(NCCN2CCOCC2)nc1)c1cccnc1. The van der Waals surface area contributed by atoms with Gasteiger partial charge in [0.1, 0.15) is 5.82 Å². The molecule has 1 saturated heterocycles. The summed E-state index contributed by atoms with van der Waals surface area (Å²) in [6.07, 6.45) is 4.81. The highest BCUT2D eigenvalue weighted by Crippen LogP contribution is 2.11. The van der Waals surface area contributed by atoms with Crippen molar-refractivity contribution in [2.45, 2.75) is 0 Å². The van der Waals surface area contributed by atoms with Gasteiger partial charge in [0, 0.05) is 38.6 Å². The number of rotatable bonds is 6. The van der Waals surface area contributed by atoms with Crippen LogP contribution in [-0.4, -0.2) is 60.2 Å². The Morgan fingerprint density at radius 3 is 2.79 bits per heavy atom. The number of amides is 1. The first-order chi connectivity index (χ1) is 11.8. The summed E-state index contributed by atoms with van der Waals surface area (Å²) < 4.78 is 5.33. The molecule has 1 aliphatic rings. The van der Waals surface area contributed by atoms with Crippen molar-refractivity contribution in [2.75, 3.05) is 50.0 Å². The first kappa shape index (κ1) is 16.4. The Bertz CT molecular complexity index is 642. The van der Waals surface area contributed by atoms with Crippen LogP contribution in [-0.2, 0) is 4.74 Å². The summed E-state index contributed by atoms with van der Waals surface area (Å²) >= 11 is 0. The van der Waals surface area contributed by atoms with E-state index >= 15 is 0 Å². The van der Waals surface area contributed by atoms with Gasteiger partial charge in [-0.1, -0.05) is 0 Å². The second-order valence-corrected chi connectivity index (χ2v) is 5.51. The fraction of sp³-hybridized carbons (Fsp3) is 0.353. The zero-order valence-electron chi connectivity index (χ0n) is 13.4. The minimum absolute atomic E-state index is 0.196. The molecule has 0 bridgehead atoms. The number of aromatic nitrogens is 2. The summed E-state index contributed by atoms with van der Waals surface area (Å²) in [4.78, 5) is 22.7. The molecule has 3 rings (SSSR count). The van der Waals surface area contributed by atoms with Gasteiger partial charge in [0.2, 0.25) is 0 Å². The number of hydrogen-bond donors (Lipinski definition) is 2. The smallest absolute Gasteiger partial charge is 0.257 e. The van der Waals surface area contributed by atoms with Gasteiger partial charge in [0.05, 0.1) is 30.7 Å². The maximum absolute atomic E-state index is 12.0. The van der Waals surface area contributed by atoms with E-state index in [1.807, 2.05) is 12.1 Å². The van der Waals surface area contributed by atoms with E-state index in [2.05, 4.69) is 25.5 Å². The zero-order chi connectivity index (χ0) is 16.6. The van der Waals surface area contributed by atoms with Crippen LogP contribution in [0.5, 0.6) is 0 Å². The Balaban J connectivity index is 1.45. The van der Waals surface area contributed by atoms with Crippen LogP contribution in [0.2, 0.25) is 0 Å². The lowest BCUT2D eigenvalue weighted by Gasteiger charge is -2.26. The second-order valence-electron chi connectivity index (χ2n) is 5.51. The van der Waals surface area contributed by atoms with Crippen LogP contribution >= 0.6 is 0 Å². The molecule has 3 heterocycles. The van der Waals surface area contributed by atoms with E-state index in [-0.39, 0.29) is 5.91 Å². The monoisotopic (exact) mass is 327 g/mol. The van der Waals surface area contributed by atoms with Crippen molar-refractivity contribution in [1.29, 1.82) is 0 Å². The van der Waals surface area contributed by atoms with Crippen LogP contribution in [0, 0.1) is 0 Å². The van der Waals surface area contributed by atoms with Crippen molar-refractivity contribution in [3.8, 4) is 0 Å². The van der Waals surface area contributed by atoms with Crippen molar-refractivity contribution in [2.24, 2.45) is 0 Å². The lowest BCUT2D eigenvalue weighted by molar-refractivity contribution is 0.0398. The van der Waals surface area contributed by atoms with E-state index in [0.29, 0.717) is 11.3 Å². The molecule has 2 aromatic rings. The summed E-state index contributed by atoms with van der Waals surface area (Å²) in [6, 6.07) is 7.14. The summed E-state index contributed by atoms with van der Waals surface area (Å²) in [6.45, 7) is 5.37. The number of carbonyl (C=O) groups excluding carboxylic acids is 1. The predicted octanol–water partition coefficient (Wildman–Crippen LogP) is 1.47. The normalized spacial score (nSPS) is 15.0. The van der Waals surface area contributed by atoms with Gasteiger partial charge in [-0.2, -0.15) is 0 Å². The van der Waals surface area contributed by atoms with Crippen LogP contribution in [0.1, 0.15) is 10.4 Å². The Labute approximate surface area is 141 Å². The third kappa shape index (κ3) is 4.74. The molecule has 1 fully saturated rings. The molecule has 2 N–H and O–H groups in total. The highest BCUT2D eigenvalue weighted by Gasteiger charge is 2.09. The molecule has 0 atom stereocenters. The third-order valence-electron chi connectivity index (χ3n) is 3.78. The second kappa shape index (κ2) is 8.37. The van der Waals surface area contributed by atoms with Gasteiger partial charge in [-0.3, -0.25) is 14.7 Å². The maximum atomic E-state index is 12.0. The summed E-state index contributed by atoms with van der Waals surface area (Å²) in [7, 11) is 0. The molecule has 0 spiro atoms. The highest BCUT2D eigenvalue weighted by atomic mass is 16.5. The molecule has 1 amide bonds. The molecule has 0 aromatic carbocycles. The Morgan fingerprint density at radius 1 is 1.21 bits per heavy atom. The first-order valence-electron chi connectivity index (χ1n) is 8.03. The molecule has 0 saturated carbocycles. The van der Waals surface area contributed by atoms with E-state index in [0.717, 1.165) is 45.2 Å². The van der Waals surface area contributed by atoms with Gasteiger partial charge in [-0.05, 0) is 24.3 Å². The predicted molar refractivity (Wildman–Crippen MR) is 92.2 cm³/mol. The van der Waals surface area contributed by atoms with Crippen LogP contribution in [0.4, 0.5) is 11.5 Å². The molecule has 2 aromatic heterocycles. The molecule has 0 radical (unpaired) electrons. The van der Waals surface area contributed by atoms with Crippen molar-refractivity contribution in [3.63, 3.8) is 0 Å². The fourth-order valence-electron chi connectivity index (χ4n) is 2.44. The Morgan fingerprint density at radius 2 is 2.08 bits per heavy atom. The average molecular weight is 327 g/mol. The number of ether oxygens (including phenoxy) is 1. The van der Waals surface area contributed by atoms with Gasteiger partial charge in [-0.15, -0.1) is 0 Å². The number of carbonyl (C=O) groups is 1. The van der Waals surface area contributed by atoms with E-state index in [1.165, 1.54) is 6.20 Å². The topological polar surface area (TPSA) is 79.4 Å². The average Bonchev–Trinajstić information content (AvgIpc) is 2.65. The third-order valence-corrected chi connectivity index (χ3v) is 3.78. The molecule has 24 heavy (non-hydrogen) atoms. The molecular formula is C17H21N5O2. The van der Waals surface area contributed by atoms with Crippen molar-refractivity contribution in [3.05, 3.63) is 48.4 Å². The van der Waals surface area contributed by atoms with E-state index < -0.39 is 0 Å². The quantitative estimate of drug-likeness (QED) is 0.836. The molecule has 7 nitrogen and oxygen atoms in total. The van der Waals surface area contributed by atoms with Crippen LogP contribution in [0.25, 0.3) is 0 Å². The number of anilines is 2. The van der Waals surface area contributed by atoms with E-state index in [1.54, 1.807) is 24.5 Å². The fourth-order valence-corrected chi connectivity index (χ4v) is 2.44. The largest absolute Gasteiger partial charge is 0.379 e. The first-order valence-corrected chi connectivity index (χ1v) is 8.03. The van der Waals surface area contributed by atoms with Gasteiger partial charge in [-0.25, -0.2) is 4.98 Å². The molecular weight excluding hydrogens is 306 g/mol. The standard InChI is InChI=1S/C17H21N5O2/c23-17(14-2-1-5-18-12-14)21-15-3-4-16(20-13-15)19-6-7-22-8-10-24-11-9-22/h1-5,12-13H,6-11H2,(H,19,20)(H,21,23). The lowest BCUT2D eigenvalue weighted by atomic mass is 10.2. The van der Waals surface area contributed by atoms with Gasteiger partial charge in [0.25, 0.3) is 5.91 Å². The Kier molecular flexibility index (Phi) is 5.70. The summed E-state index contributed by atoms with van der Waals surface area (Å²) in [5.41, 5.74) is 1.17. The number of morpholine rings is 1. The summed E-state index contributed by atoms with van der Waals surface area (Å²) in [5.74, 6) is 0.598. The molecule has 1 aliphatic heterocycles. The van der Waals surface area contributed by atoms with Crippen LogP contribution in [0.3, 0.4) is 0 Å². The van der Waals surface area contributed by atoms with Crippen LogP contribution in [0.15, 0.2) is 42.9 Å². The number of nitrogens with one attached hydrogen (secondary N) is 2. The Hall–Kier alpha value is -2.51. The maximum Gasteiger partial charge on any atom is 0.257 e. The molecule has 126 valence electrons. The number of pyridine rings is 2. The lowest BCUT2D eigenvalue weighted by Crippen LogP contribution is -2.39. The van der Waals surface area contributed by atoms with Crippen molar-refractivity contribution in [1.82, 2.24) is 14.9 Å². The number of hydrogen-bond acceptors (Lipinski definition) is 6. The van der Waals surface area contributed by atoms with Gasteiger partial charge in [0.15, 0.2) is 0 Å². The van der Waals surface area contributed by atoms with Crippen LogP contribution < -0.4 is 10.6 Å². The molecule has 7 heteroatoms. The van der Waals surface area contributed by atoms with Gasteiger partial charge < -0.3 is 15.4 Å². The van der Waals surface area contributed by atoms with E-state index in [4.69, 9.17) is 4.74 Å². The molecule has 0 unspecified atom stereocenters. The van der Waals surface area contributed by atoms with E-state index in [9.17, 15) is 4.79 Å². The molecule has 0 aliphatic carbocycles. The minimum Gasteiger partial charge on any atom is -0.379 e. The summed E-state index contributed by atoms with van der Waals surface area (Å²) in [5, 5.41) is 6.09. The van der Waals surface area contributed by atoms with Crippen molar-refractivity contribution < 1.29 is 9.53 Å². The number of nitrogens with zero attached hydrogens (tertiary/aromatic N) is 3. The zero-order valence-corrected chi connectivity index (χ0v) is 13.4. The van der Waals surface area contributed by atoms with Gasteiger partial charge >= 0.3 is 0 Å².